The predicted molar refractivity (Wildman–Crippen MR) is 90.6 cm³/mol. The van der Waals surface area contributed by atoms with Crippen LogP contribution in [-0.4, -0.2) is 23.3 Å². The van der Waals surface area contributed by atoms with Crippen molar-refractivity contribution in [2.45, 2.75) is 4.90 Å². The van der Waals surface area contributed by atoms with Crippen LogP contribution in [0.2, 0.25) is 5.02 Å². The fourth-order valence-corrected chi connectivity index (χ4v) is 3.50. The topological polar surface area (TPSA) is 81.1 Å². The molecule has 128 valence electrons. The van der Waals surface area contributed by atoms with Crippen molar-refractivity contribution in [2.24, 2.45) is 0 Å². The minimum atomic E-state index is -4.15. The molecular formula is C16H11ClFN3O3S. The van der Waals surface area contributed by atoms with E-state index in [-0.39, 0.29) is 16.4 Å². The summed E-state index contributed by atoms with van der Waals surface area (Å²) in [4.78, 5) is 15.4. The third-order valence-corrected chi connectivity index (χ3v) is 5.18. The number of amides is 1. The monoisotopic (exact) mass is 379 g/mol. The molecule has 0 aliphatic heterocycles. The molecule has 1 N–H and O–H groups in total. The van der Waals surface area contributed by atoms with Crippen LogP contribution in [0, 0.1) is 5.82 Å². The van der Waals surface area contributed by atoms with Crippen LogP contribution in [0.4, 0.5) is 10.1 Å². The SMILES string of the molecule is O=C(Nc1ccn(S(=O)(=O)c2ccc(Cl)cc2F)c1)c1ccccn1. The Morgan fingerprint density at radius 1 is 1.20 bits per heavy atom. The summed E-state index contributed by atoms with van der Waals surface area (Å²) in [5.74, 6) is -1.45. The van der Waals surface area contributed by atoms with E-state index in [0.29, 0.717) is 0 Å². The standard InChI is InChI=1S/C16H11ClFN3O3S/c17-11-4-5-15(13(18)9-11)25(23,24)21-8-6-12(10-21)20-16(22)14-3-1-2-7-19-14/h1-10H,(H,20,22). The highest BCUT2D eigenvalue weighted by molar-refractivity contribution is 7.90. The molecule has 25 heavy (non-hydrogen) atoms. The van der Waals surface area contributed by atoms with Gasteiger partial charge in [-0.15, -0.1) is 0 Å². The summed E-state index contributed by atoms with van der Waals surface area (Å²) >= 11 is 5.64. The first-order valence-corrected chi connectivity index (χ1v) is 8.81. The molecule has 0 spiro atoms. The summed E-state index contributed by atoms with van der Waals surface area (Å²) in [7, 11) is -4.15. The number of benzene rings is 1. The van der Waals surface area contributed by atoms with Gasteiger partial charge in [-0.3, -0.25) is 9.78 Å². The lowest BCUT2D eigenvalue weighted by atomic mass is 10.3. The predicted octanol–water partition coefficient (Wildman–Crippen LogP) is 3.16. The lowest BCUT2D eigenvalue weighted by molar-refractivity contribution is 0.102. The number of hydrogen-bond donors (Lipinski definition) is 1. The molecule has 0 unspecified atom stereocenters. The Bertz CT molecular complexity index is 1040. The molecule has 0 saturated heterocycles. The molecule has 0 aliphatic carbocycles. The van der Waals surface area contributed by atoms with Gasteiger partial charge in [0.2, 0.25) is 0 Å². The zero-order valence-electron chi connectivity index (χ0n) is 12.6. The van der Waals surface area contributed by atoms with Crippen LogP contribution >= 0.6 is 11.6 Å². The Labute approximate surface area is 147 Å². The Morgan fingerprint density at radius 2 is 2.00 bits per heavy atom. The summed E-state index contributed by atoms with van der Waals surface area (Å²) in [5.41, 5.74) is 0.412. The zero-order chi connectivity index (χ0) is 18.0. The van der Waals surface area contributed by atoms with Gasteiger partial charge in [-0.25, -0.2) is 16.8 Å². The summed E-state index contributed by atoms with van der Waals surface area (Å²) in [6.45, 7) is 0. The van der Waals surface area contributed by atoms with Gasteiger partial charge in [0.05, 0.1) is 5.69 Å². The molecule has 3 aromatic rings. The summed E-state index contributed by atoms with van der Waals surface area (Å²) < 4.78 is 39.7. The van der Waals surface area contributed by atoms with Gasteiger partial charge >= 0.3 is 0 Å². The van der Waals surface area contributed by atoms with Crippen LogP contribution < -0.4 is 5.32 Å². The summed E-state index contributed by atoms with van der Waals surface area (Å²) in [6.07, 6.45) is 3.84. The van der Waals surface area contributed by atoms with Crippen molar-refractivity contribution in [3.63, 3.8) is 0 Å². The normalized spacial score (nSPS) is 11.3. The molecule has 0 aliphatic rings. The number of rotatable bonds is 4. The number of pyridine rings is 1. The fraction of sp³-hybridized carbons (Fsp3) is 0. The van der Waals surface area contributed by atoms with E-state index >= 15 is 0 Å². The molecule has 1 aromatic carbocycles. The molecule has 9 heteroatoms. The quantitative estimate of drug-likeness (QED) is 0.755. The minimum absolute atomic E-state index is 0.0901. The molecule has 0 fully saturated rings. The number of aromatic nitrogens is 2. The van der Waals surface area contributed by atoms with Crippen LogP contribution in [0.25, 0.3) is 0 Å². The van der Waals surface area contributed by atoms with Crippen molar-refractivity contribution in [3.05, 3.63) is 77.6 Å². The van der Waals surface area contributed by atoms with E-state index in [4.69, 9.17) is 11.6 Å². The van der Waals surface area contributed by atoms with Gasteiger partial charge in [0.15, 0.2) is 0 Å². The Kier molecular flexibility index (Phi) is 4.56. The van der Waals surface area contributed by atoms with E-state index in [1.807, 2.05) is 0 Å². The number of carbonyl (C=O) groups excluding carboxylic acids is 1. The molecule has 6 nitrogen and oxygen atoms in total. The third-order valence-electron chi connectivity index (χ3n) is 3.27. The summed E-state index contributed by atoms with van der Waals surface area (Å²) in [5, 5.41) is 2.61. The third kappa shape index (κ3) is 3.54. The van der Waals surface area contributed by atoms with Crippen LogP contribution in [0.1, 0.15) is 10.5 Å². The molecule has 2 heterocycles. The lowest BCUT2D eigenvalue weighted by Crippen LogP contribution is -2.14. The first-order chi connectivity index (χ1) is 11.9. The van der Waals surface area contributed by atoms with E-state index in [2.05, 4.69) is 10.3 Å². The second-order valence-corrected chi connectivity index (χ2v) is 7.23. The number of hydrogen-bond acceptors (Lipinski definition) is 4. The van der Waals surface area contributed by atoms with Crippen molar-refractivity contribution in [3.8, 4) is 0 Å². The highest BCUT2D eigenvalue weighted by Gasteiger charge is 2.21. The van der Waals surface area contributed by atoms with Gasteiger partial charge < -0.3 is 5.32 Å². The van der Waals surface area contributed by atoms with Gasteiger partial charge in [-0.1, -0.05) is 17.7 Å². The second-order valence-electron chi connectivity index (χ2n) is 4.98. The maximum Gasteiger partial charge on any atom is 0.274 e. The van der Waals surface area contributed by atoms with Crippen molar-refractivity contribution >= 4 is 33.2 Å². The van der Waals surface area contributed by atoms with E-state index in [1.54, 1.807) is 12.1 Å². The molecule has 0 atom stereocenters. The number of anilines is 1. The molecule has 1 amide bonds. The van der Waals surface area contributed by atoms with Crippen LogP contribution in [-0.2, 0) is 10.0 Å². The molecule has 0 saturated carbocycles. The van der Waals surface area contributed by atoms with Crippen LogP contribution in [0.5, 0.6) is 0 Å². The van der Waals surface area contributed by atoms with Crippen LogP contribution in [0.3, 0.4) is 0 Å². The highest BCUT2D eigenvalue weighted by Crippen LogP contribution is 2.23. The fourth-order valence-electron chi connectivity index (χ4n) is 2.09. The van der Waals surface area contributed by atoms with E-state index in [0.717, 1.165) is 16.1 Å². The molecule has 0 bridgehead atoms. The molecule has 3 rings (SSSR count). The van der Waals surface area contributed by atoms with Crippen molar-refractivity contribution in [1.29, 1.82) is 0 Å². The first kappa shape index (κ1) is 17.1. The maximum atomic E-state index is 13.9. The average Bonchev–Trinajstić information content (AvgIpc) is 3.04. The molecule has 2 aromatic heterocycles. The highest BCUT2D eigenvalue weighted by atomic mass is 35.5. The Morgan fingerprint density at radius 3 is 2.68 bits per heavy atom. The van der Waals surface area contributed by atoms with E-state index in [9.17, 15) is 17.6 Å². The Balaban J connectivity index is 1.87. The van der Waals surface area contributed by atoms with Gasteiger partial charge in [-0.2, -0.15) is 0 Å². The van der Waals surface area contributed by atoms with Crippen molar-refractivity contribution in [2.75, 3.05) is 5.32 Å². The van der Waals surface area contributed by atoms with Crippen molar-refractivity contribution in [1.82, 2.24) is 8.96 Å². The zero-order valence-corrected chi connectivity index (χ0v) is 14.1. The summed E-state index contributed by atoms with van der Waals surface area (Å²) in [6, 6.07) is 9.51. The Hall–Kier alpha value is -2.71. The van der Waals surface area contributed by atoms with Gasteiger partial charge in [0, 0.05) is 23.6 Å². The smallest absolute Gasteiger partial charge is 0.274 e. The van der Waals surface area contributed by atoms with Gasteiger partial charge in [-0.05, 0) is 36.4 Å². The van der Waals surface area contributed by atoms with E-state index < -0.39 is 26.6 Å². The van der Waals surface area contributed by atoms with Gasteiger partial charge in [0.25, 0.3) is 15.9 Å². The number of halogens is 2. The maximum absolute atomic E-state index is 13.9. The first-order valence-electron chi connectivity index (χ1n) is 6.99. The van der Waals surface area contributed by atoms with E-state index in [1.165, 1.54) is 36.8 Å². The number of carbonyl (C=O) groups is 1. The average molecular weight is 380 g/mol. The van der Waals surface area contributed by atoms with Gasteiger partial charge in [0.1, 0.15) is 16.4 Å². The minimum Gasteiger partial charge on any atom is -0.319 e. The largest absolute Gasteiger partial charge is 0.319 e. The second kappa shape index (κ2) is 6.66. The molecular weight excluding hydrogens is 369 g/mol. The lowest BCUT2D eigenvalue weighted by Gasteiger charge is -2.07. The molecule has 0 radical (unpaired) electrons. The van der Waals surface area contributed by atoms with Crippen LogP contribution in [0.15, 0.2) is 66.0 Å². The number of nitrogens with one attached hydrogen (secondary N) is 1. The number of nitrogens with zero attached hydrogens (tertiary/aromatic N) is 2. The van der Waals surface area contributed by atoms with Crippen molar-refractivity contribution < 1.29 is 17.6 Å².